The minimum Gasteiger partial charge on any atom is -0.493 e. The van der Waals surface area contributed by atoms with Crippen LogP contribution in [0.3, 0.4) is 0 Å². The Bertz CT molecular complexity index is 1320. The number of aliphatic imine (C=N–C) groups is 1. The van der Waals surface area contributed by atoms with Gasteiger partial charge in [-0.05, 0) is 65.4 Å². The molecule has 3 aromatic rings. The first-order chi connectivity index (χ1) is 16.6. The van der Waals surface area contributed by atoms with Crippen LogP contribution in [0, 0.1) is 5.82 Å². The van der Waals surface area contributed by atoms with Crippen LogP contribution in [0.2, 0.25) is 0 Å². The molecule has 0 radical (unpaired) electrons. The Morgan fingerprint density at radius 2 is 1.94 bits per heavy atom. The molecule has 0 spiro atoms. The number of rotatable bonds is 6. The summed E-state index contributed by atoms with van der Waals surface area (Å²) in [4.78, 5) is 17.0. The van der Waals surface area contributed by atoms with E-state index in [9.17, 15) is 9.18 Å². The van der Waals surface area contributed by atoms with Crippen molar-refractivity contribution in [1.29, 1.82) is 0 Å². The number of benzene rings is 3. The van der Waals surface area contributed by atoms with Gasteiger partial charge < -0.3 is 24.3 Å². The van der Waals surface area contributed by atoms with E-state index in [1.54, 1.807) is 43.5 Å². The second-order valence-electron chi connectivity index (χ2n) is 7.32. The molecule has 0 aliphatic carbocycles. The number of hydrogen-bond donors (Lipinski definition) is 1. The molecule has 2 aliphatic heterocycles. The van der Waals surface area contributed by atoms with Crippen molar-refractivity contribution >= 4 is 34.6 Å². The molecule has 3 aromatic carbocycles. The number of carbonyl (C=O) groups excluding carboxylic acids is 1. The van der Waals surface area contributed by atoms with Gasteiger partial charge in [0, 0.05) is 0 Å². The van der Waals surface area contributed by atoms with E-state index in [1.165, 1.54) is 6.07 Å². The van der Waals surface area contributed by atoms with Crippen LogP contribution in [0.4, 0.5) is 10.1 Å². The topological polar surface area (TPSA) is 78.4 Å². The minimum atomic E-state index is -0.455. The van der Waals surface area contributed by atoms with Crippen LogP contribution >= 0.6 is 11.8 Å². The second kappa shape index (κ2) is 9.48. The molecule has 0 atom stereocenters. The van der Waals surface area contributed by atoms with Gasteiger partial charge in [0.1, 0.15) is 18.1 Å². The van der Waals surface area contributed by atoms with E-state index < -0.39 is 5.82 Å². The second-order valence-corrected chi connectivity index (χ2v) is 8.35. The lowest BCUT2D eigenvalue weighted by atomic mass is 10.1. The number of fused-ring (bicyclic) bond motifs is 1. The van der Waals surface area contributed by atoms with Crippen LogP contribution in [0.15, 0.2) is 70.6 Å². The monoisotopic (exact) mass is 478 g/mol. The van der Waals surface area contributed by atoms with E-state index in [0.29, 0.717) is 33.9 Å². The fourth-order valence-electron chi connectivity index (χ4n) is 3.37. The van der Waals surface area contributed by atoms with Crippen molar-refractivity contribution in [3.8, 4) is 23.0 Å². The van der Waals surface area contributed by atoms with Crippen LogP contribution in [0.5, 0.6) is 23.0 Å². The number of nitrogens with zero attached hydrogens (tertiary/aromatic N) is 1. The first-order valence-electron chi connectivity index (χ1n) is 10.3. The largest absolute Gasteiger partial charge is 0.493 e. The molecule has 2 aliphatic rings. The number of nitrogens with one attached hydrogen (secondary N) is 1. The van der Waals surface area contributed by atoms with E-state index >= 15 is 0 Å². The molecule has 172 valence electrons. The zero-order chi connectivity index (χ0) is 23.5. The van der Waals surface area contributed by atoms with Crippen molar-refractivity contribution in [2.45, 2.75) is 6.61 Å². The quantitative estimate of drug-likeness (QED) is 0.501. The Hall–Kier alpha value is -3.98. The summed E-state index contributed by atoms with van der Waals surface area (Å²) in [6, 6.07) is 17.2. The van der Waals surface area contributed by atoms with Crippen LogP contribution in [0.25, 0.3) is 6.08 Å². The zero-order valence-corrected chi connectivity index (χ0v) is 18.9. The molecule has 9 heteroatoms. The lowest BCUT2D eigenvalue weighted by Crippen LogP contribution is -2.19. The highest BCUT2D eigenvalue weighted by atomic mass is 32.2. The number of carbonyl (C=O) groups is 1. The molecule has 0 aromatic heterocycles. The molecule has 1 N–H and O–H groups in total. The number of amides is 1. The minimum absolute atomic E-state index is 0.164. The molecule has 1 saturated heterocycles. The maximum atomic E-state index is 13.9. The summed E-state index contributed by atoms with van der Waals surface area (Å²) in [6.45, 7) is 0.540. The van der Waals surface area contributed by atoms with E-state index in [2.05, 4.69) is 10.3 Å². The highest BCUT2D eigenvalue weighted by Crippen LogP contribution is 2.35. The predicted octanol–water partition coefficient (Wildman–Crippen LogP) is 5.03. The summed E-state index contributed by atoms with van der Waals surface area (Å²) < 4.78 is 36.0. The Morgan fingerprint density at radius 1 is 1.09 bits per heavy atom. The summed E-state index contributed by atoms with van der Waals surface area (Å²) in [6.07, 6.45) is 1.72. The van der Waals surface area contributed by atoms with Crippen molar-refractivity contribution in [3.05, 3.63) is 82.5 Å². The standard InChI is InChI=1S/C25H19FN2O5S/c1-30-21-10-15(6-8-19(21)31-13-16-7-9-20-22(11-16)33-14-32-20)12-23-24(29)28-25(34-23)27-18-5-3-2-4-17(18)26/h2-12H,13-14H2,1H3,(H,27,28,29)/b23-12-. The fourth-order valence-corrected chi connectivity index (χ4v) is 4.20. The number of halogens is 1. The molecule has 34 heavy (non-hydrogen) atoms. The third kappa shape index (κ3) is 4.69. The van der Waals surface area contributed by atoms with Gasteiger partial charge in [-0.25, -0.2) is 9.38 Å². The third-order valence-electron chi connectivity index (χ3n) is 5.04. The van der Waals surface area contributed by atoms with Crippen molar-refractivity contribution in [2.75, 3.05) is 13.9 Å². The SMILES string of the molecule is COc1cc(/C=C2\SC(=Nc3ccccc3F)NC2=O)ccc1OCc1ccc2c(c1)OCO2. The average molecular weight is 479 g/mol. The highest BCUT2D eigenvalue weighted by molar-refractivity contribution is 8.18. The Kier molecular flexibility index (Phi) is 6.09. The normalized spacial score (nSPS) is 16.7. The van der Waals surface area contributed by atoms with E-state index in [-0.39, 0.29) is 18.4 Å². The number of hydrogen-bond acceptors (Lipinski definition) is 7. The molecular weight excluding hydrogens is 459 g/mol. The number of thioether (sulfide) groups is 1. The van der Waals surface area contributed by atoms with Crippen LogP contribution in [-0.2, 0) is 11.4 Å². The van der Waals surface area contributed by atoms with E-state index in [4.69, 9.17) is 18.9 Å². The molecule has 5 rings (SSSR count). The average Bonchev–Trinajstić information content (AvgIpc) is 3.45. The smallest absolute Gasteiger partial charge is 0.264 e. The van der Waals surface area contributed by atoms with E-state index in [1.807, 2.05) is 24.3 Å². The van der Waals surface area contributed by atoms with Gasteiger partial charge in [0.25, 0.3) is 5.91 Å². The Morgan fingerprint density at radius 3 is 2.79 bits per heavy atom. The van der Waals surface area contributed by atoms with Crippen LogP contribution in [-0.4, -0.2) is 25.0 Å². The number of ether oxygens (including phenoxy) is 4. The summed E-state index contributed by atoms with van der Waals surface area (Å²) in [5.74, 6) is 1.74. The summed E-state index contributed by atoms with van der Waals surface area (Å²) in [5.41, 5.74) is 1.84. The van der Waals surface area contributed by atoms with Gasteiger partial charge in [0.15, 0.2) is 28.2 Å². The molecule has 0 unspecified atom stereocenters. The van der Waals surface area contributed by atoms with Gasteiger partial charge in [-0.2, -0.15) is 0 Å². The Labute approximate surface area is 199 Å². The maximum Gasteiger partial charge on any atom is 0.264 e. The maximum absolute atomic E-state index is 13.9. The number of para-hydroxylation sites is 1. The predicted molar refractivity (Wildman–Crippen MR) is 127 cm³/mol. The van der Waals surface area contributed by atoms with Crippen LogP contribution in [0.1, 0.15) is 11.1 Å². The molecule has 2 heterocycles. The molecule has 7 nitrogen and oxygen atoms in total. The molecule has 1 amide bonds. The van der Waals surface area contributed by atoms with Gasteiger partial charge in [-0.15, -0.1) is 0 Å². The van der Waals surface area contributed by atoms with Crippen LogP contribution < -0.4 is 24.3 Å². The van der Waals surface area contributed by atoms with Crippen molar-refractivity contribution in [1.82, 2.24) is 5.32 Å². The van der Waals surface area contributed by atoms with Crippen molar-refractivity contribution < 1.29 is 28.1 Å². The fraction of sp³-hybridized carbons (Fsp3) is 0.120. The van der Waals surface area contributed by atoms with Crippen molar-refractivity contribution in [2.24, 2.45) is 4.99 Å². The molecule has 0 bridgehead atoms. The lowest BCUT2D eigenvalue weighted by molar-refractivity contribution is -0.115. The zero-order valence-electron chi connectivity index (χ0n) is 18.0. The van der Waals surface area contributed by atoms with Crippen molar-refractivity contribution in [3.63, 3.8) is 0 Å². The van der Waals surface area contributed by atoms with Gasteiger partial charge in [-0.3, -0.25) is 4.79 Å². The van der Waals surface area contributed by atoms with Gasteiger partial charge in [0.2, 0.25) is 6.79 Å². The summed E-state index contributed by atoms with van der Waals surface area (Å²) in [5, 5.41) is 2.98. The number of methoxy groups -OCH3 is 1. The molecule has 0 saturated carbocycles. The van der Waals surface area contributed by atoms with E-state index in [0.717, 1.165) is 28.6 Å². The third-order valence-corrected chi connectivity index (χ3v) is 5.95. The first-order valence-corrected chi connectivity index (χ1v) is 11.1. The highest BCUT2D eigenvalue weighted by Gasteiger charge is 2.24. The van der Waals surface area contributed by atoms with Gasteiger partial charge >= 0.3 is 0 Å². The lowest BCUT2D eigenvalue weighted by Gasteiger charge is -2.12. The molecule has 1 fully saturated rings. The first kappa shape index (κ1) is 21.8. The Balaban J connectivity index is 1.30. The summed E-state index contributed by atoms with van der Waals surface area (Å²) in [7, 11) is 1.55. The summed E-state index contributed by atoms with van der Waals surface area (Å²) >= 11 is 1.14. The molecular formula is C25H19FN2O5S. The van der Waals surface area contributed by atoms with Gasteiger partial charge in [0.05, 0.1) is 12.0 Å². The number of amidine groups is 1. The van der Waals surface area contributed by atoms with Gasteiger partial charge in [-0.1, -0.05) is 24.3 Å².